The van der Waals surface area contributed by atoms with Crippen molar-refractivity contribution >= 4 is 12.0 Å². The molecule has 0 heterocycles. The second kappa shape index (κ2) is 6.11. The summed E-state index contributed by atoms with van der Waals surface area (Å²) in [6.07, 6.45) is 2.30. The van der Waals surface area contributed by atoms with E-state index in [1.54, 1.807) is 6.92 Å². The zero-order chi connectivity index (χ0) is 12.0. The molecule has 0 unspecified atom stereocenters. The van der Waals surface area contributed by atoms with E-state index in [0.29, 0.717) is 6.42 Å². The van der Waals surface area contributed by atoms with Gasteiger partial charge in [-0.2, -0.15) is 0 Å². The Balaban J connectivity index is 2.66. The summed E-state index contributed by atoms with van der Waals surface area (Å²) in [5.74, 6) is -0.159. The topological polar surface area (TPSA) is 26.3 Å². The second-order valence-corrected chi connectivity index (χ2v) is 3.78. The number of hydrogen-bond acceptors (Lipinski definition) is 2. The Labute approximate surface area is 96.9 Å². The molecule has 0 saturated heterocycles. The summed E-state index contributed by atoms with van der Waals surface area (Å²) in [5, 5.41) is 0. The maximum Gasteiger partial charge on any atom is 0.306 e. The molecule has 0 aliphatic heterocycles. The van der Waals surface area contributed by atoms with Gasteiger partial charge >= 0.3 is 5.97 Å². The third kappa shape index (κ3) is 3.89. The van der Waals surface area contributed by atoms with E-state index in [4.69, 9.17) is 4.74 Å². The lowest BCUT2D eigenvalue weighted by molar-refractivity contribution is -0.146. The number of ether oxygens (including phenoxy) is 1. The fourth-order valence-electron chi connectivity index (χ4n) is 1.30. The molecule has 0 aliphatic rings. The van der Waals surface area contributed by atoms with E-state index >= 15 is 0 Å². The Kier molecular flexibility index (Phi) is 4.77. The van der Waals surface area contributed by atoms with Crippen LogP contribution in [0.2, 0.25) is 0 Å². The van der Waals surface area contributed by atoms with E-state index in [2.05, 4.69) is 0 Å². The summed E-state index contributed by atoms with van der Waals surface area (Å²) >= 11 is 0. The van der Waals surface area contributed by atoms with Crippen molar-refractivity contribution in [2.24, 2.45) is 0 Å². The van der Waals surface area contributed by atoms with Crippen molar-refractivity contribution in [3.8, 4) is 0 Å². The van der Waals surface area contributed by atoms with Crippen LogP contribution in [0.1, 0.15) is 32.8 Å². The SMILES string of the molecule is CCC(=O)O[C@H](C)/C(C)=C/c1ccccc1. The predicted molar refractivity (Wildman–Crippen MR) is 65.9 cm³/mol. The lowest BCUT2D eigenvalue weighted by Gasteiger charge is -2.13. The van der Waals surface area contributed by atoms with Gasteiger partial charge in [-0.05, 0) is 25.0 Å². The Morgan fingerprint density at radius 3 is 2.56 bits per heavy atom. The average Bonchev–Trinajstić information content (AvgIpc) is 2.30. The fourth-order valence-corrected chi connectivity index (χ4v) is 1.30. The number of rotatable bonds is 4. The predicted octanol–water partition coefficient (Wildman–Crippen LogP) is 3.43. The molecule has 1 aromatic carbocycles. The molecule has 2 nitrogen and oxygen atoms in total. The first kappa shape index (κ1) is 12.5. The van der Waals surface area contributed by atoms with Crippen molar-refractivity contribution < 1.29 is 9.53 Å². The number of esters is 1. The van der Waals surface area contributed by atoms with Crippen molar-refractivity contribution in [1.29, 1.82) is 0 Å². The van der Waals surface area contributed by atoms with Crippen LogP contribution in [0.15, 0.2) is 35.9 Å². The molecule has 86 valence electrons. The van der Waals surface area contributed by atoms with E-state index in [-0.39, 0.29) is 12.1 Å². The molecule has 0 amide bonds. The highest BCUT2D eigenvalue weighted by atomic mass is 16.5. The second-order valence-electron chi connectivity index (χ2n) is 3.78. The lowest BCUT2D eigenvalue weighted by atomic mass is 10.1. The van der Waals surface area contributed by atoms with Gasteiger partial charge in [0.1, 0.15) is 6.10 Å². The third-order valence-electron chi connectivity index (χ3n) is 2.43. The van der Waals surface area contributed by atoms with Gasteiger partial charge in [-0.3, -0.25) is 4.79 Å². The fraction of sp³-hybridized carbons (Fsp3) is 0.357. The maximum absolute atomic E-state index is 11.1. The molecule has 0 spiro atoms. The summed E-state index contributed by atoms with van der Waals surface area (Å²) in [7, 11) is 0. The normalized spacial score (nSPS) is 13.3. The highest BCUT2D eigenvalue weighted by Crippen LogP contribution is 2.12. The molecular formula is C14H18O2. The van der Waals surface area contributed by atoms with Crippen LogP contribution in [0.5, 0.6) is 0 Å². The lowest BCUT2D eigenvalue weighted by Crippen LogP contribution is -2.14. The van der Waals surface area contributed by atoms with Crippen molar-refractivity contribution in [2.75, 3.05) is 0 Å². The number of carbonyl (C=O) groups excluding carboxylic acids is 1. The number of carbonyl (C=O) groups is 1. The summed E-state index contributed by atoms with van der Waals surface area (Å²) in [6, 6.07) is 10.0. The van der Waals surface area contributed by atoms with Crippen molar-refractivity contribution in [2.45, 2.75) is 33.3 Å². The van der Waals surface area contributed by atoms with Crippen molar-refractivity contribution in [1.82, 2.24) is 0 Å². The first-order valence-corrected chi connectivity index (χ1v) is 5.56. The highest BCUT2D eigenvalue weighted by molar-refractivity contribution is 5.69. The zero-order valence-corrected chi connectivity index (χ0v) is 10.1. The van der Waals surface area contributed by atoms with Crippen LogP contribution in [-0.4, -0.2) is 12.1 Å². The molecule has 16 heavy (non-hydrogen) atoms. The molecule has 0 aliphatic carbocycles. The van der Waals surface area contributed by atoms with E-state index in [1.807, 2.05) is 50.3 Å². The zero-order valence-electron chi connectivity index (χ0n) is 10.1. The monoisotopic (exact) mass is 218 g/mol. The summed E-state index contributed by atoms with van der Waals surface area (Å²) in [4.78, 5) is 11.1. The first-order chi connectivity index (χ1) is 7.63. The van der Waals surface area contributed by atoms with Crippen LogP contribution in [0, 0.1) is 0 Å². The third-order valence-corrected chi connectivity index (χ3v) is 2.43. The average molecular weight is 218 g/mol. The van der Waals surface area contributed by atoms with Crippen molar-refractivity contribution in [3.05, 3.63) is 41.5 Å². The van der Waals surface area contributed by atoms with Gasteiger partial charge in [-0.25, -0.2) is 0 Å². The molecule has 0 fully saturated rings. The summed E-state index contributed by atoms with van der Waals surface area (Å²) in [6.45, 7) is 5.66. The molecule has 0 saturated carbocycles. The van der Waals surface area contributed by atoms with Crippen LogP contribution in [0.4, 0.5) is 0 Å². The van der Waals surface area contributed by atoms with E-state index in [0.717, 1.165) is 11.1 Å². The molecule has 0 aromatic heterocycles. The summed E-state index contributed by atoms with van der Waals surface area (Å²) < 4.78 is 5.23. The van der Waals surface area contributed by atoms with Crippen LogP contribution in [-0.2, 0) is 9.53 Å². The number of benzene rings is 1. The minimum atomic E-state index is -0.160. The van der Waals surface area contributed by atoms with Gasteiger partial charge in [0.25, 0.3) is 0 Å². The van der Waals surface area contributed by atoms with Gasteiger partial charge in [0.05, 0.1) is 0 Å². The van der Waals surface area contributed by atoms with Crippen LogP contribution in [0.25, 0.3) is 6.08 Å². The smallest absolute Gasteiger partial charge is 0.306 e. The van der Waals surface area contributed by atoms with Gasteiger partial charge < -0.3 is 4.74 Å². The molecule has 1 atom stereocenters. The molecule has 1 rings (SSSR count). The Bertz CT molecular complexity index is 366. The van der Waals surface area contributed by atoms with Crippen LogP contribution >= 0.6 is 0 Å². The number of hydrogen-bond donors (Lipinski definition) is 0. The standard InChI is InChI=1S/C14H18O2/c1-4-14(15)16-12(3)11(2)10-13-8-6-5-7-9-13/h5-10,12H,4H2,1-3H3/b11-10+/t12-/m1/s1. The van der Waals surface area contributed by atoms with Gasteiger partial charge in [0.2, 0.25) is 0 Å². The van der Waals surface area contributed by atoms with Crippen LogP contribution in [0.3, 0.4) is 0 Å². The molecule has 1 aromatic rings. The van der Waals surface area contributed by atoms with Gasteiger partial charge in [0.15, 0.2) is 0 Å². The summed E-state index contributed by atoms with van der Waals surface area (Å²) in [5.41, 5.74) is 2.17. The van der Waals surface area contributed by atoms with E-state index in [9.17, 15) is 4.79 Å². The van der Waals surface area contributed by atoms with E-state index < -0.39 is 0 Å². The van der Waals surface area contributed by atoms with Crippen molar-refractivity contribution in [3.63, 3.8) is 0 Å². The quantitative estimate of drug-likeness (QED) is 0.724. The van der Waals surface area contributed by atoms with Crippen LogP contribution < -0.4 is 0 Å². The van der Waals surface area contributed by atoms with Gasteiger partial charge in [-0.15, -0.1) is 0 Å². The largest absolute Gasteiger partial charge is 0.458 e. The highest BCUT2D eigenvalue weighted by Gasteiger charge is 2.08. The minimum Gasteiger partial charge on any atom is -0.458 e. The Morgan fingerprint density at radius 1 is 1.38 bits per heavy atom. The molecular weight excluding hydrogens is 200 g/mol. The van der Waals surface area contributed by atoms with E-state index in [1.165, 1.54) is 0 Å². The minimum absolute atomic E-state index is 0.159. The van der Waals surface area contributed by atoms with Gasteiger partial charge in [-0.1, -0.05) is 43.3 Å². The Hall–Kier alpha value is -1.57. The molecule has 0 bridgehead atoms. The first-order valence-electron chi connectivity index (χ1n) is 5.56. The maximum atomic E-state index is 11.1. The molecule has 2 heteroatoms. The molecule has 0 radical (unpaired) electrons. The Morgan fingerprint density at radius 2 is 2.00 bits per heavy atom. The molecule has 0 N–H and O–H groups in total. The van der Waals surface area contributed by atoms with Gasteiger partial charge in [0, 0.05) is 6.42 Å².